The van der Waals surface area contributed by atoms with Crippen molar-refractivity contribution in [2.45, 2.75) is 59.8 Å². The molecule has 0 spiro atoms. The molecule has 96 valence electrons. The fraction of sp³-hybridized carbons (Fsp3) is 0.625. The van der Waals surface area contributed by atoms with Crippen molar-refractivity contribution in [2.24, 2.45) is 5.92 Å². The first-order chi connectivity index (χ1) is 8.20. The lowest BCUT2D eigenvalue weighted by Crippen LogP contribution is -1.94. The van der Waals surface area contributed by atoms with Gasteiger partial charge in [-0.3, -0.25) is 0 Å². The first-order valence-corrected chi connectivity index (χ1v) is 7.02. The van der Waals surface area contributed by atoms with E-state index in [0.29, 0.717) is 5.75 Å². The Morgan fingerprint density at radius 1 is 1.18 bits per heavy atom. The fourth-order valence-electron chi connectivity index (χ4n) is 2.18. The summed E-state index contributed by atoms with van der Waals surface area (Å²) < 4.78 is 0. The zero-order chi connectivity index (χ0) is 12.8. The summed E-state index contributed by atoms with van der Waals surface area (Å²) in [5.41, 5.74) is 3.58. The third kappa shape index (κ3) is 4.07. The van der Waals surface area contributed by atoms with Gasteiger partial charge in [-0.1, -0.05) is 44.9 Å². The highest BCUT2D eigenvalue weighted by atomic mass is 16.3. The maximum Gasteiger partial charge on any atom is 0.121 e. The van der Waals surface area contributed by atoms with Gasteiger partial charge >= 0.3 is 0 Å². The van der Waals surface area contributed by atoms with Gasteiger partial charge in [0.05, 0.1) is 0 Å². The molecule has 0 bridgehead atoms. The second kappa shape index (κ2) is 6.68. The summed E-state index contributed by atoms with van der Waals surface area (Å²) in [6.45, 7) is 8.28. The van der Waals surface area contributed by atoms with E-state index in [-0.39, 0.29) is 0 Å². The monoisotopic (exact) mass is 234 g/mol. The maximum atomic E-state index is 10.1. The van der Waals surface area contributed by atoms with Crippen LogP contribution in [0.1, 0.15) is 56.7 Å². The molecule has 2 rings (SSSR count). The lowest BCUT2D eigenvalue weighted by molar-refractivity contribution is 0.458. The second-order valence-corrected chi connectivity index (χ2v) is 4.83. The molecular weight excluding hydrogens is 208 g/mol. The Balaban J connectivity index is 0.000000686. The largest absolute Gasteiger partial charge is 0.507 e. The average molecular weight is 234 g/mol. The molecular formula is C16H26O. The minimum Gasteiger partial charge on any atom is -0.507 e. The Bertz CT molecular complexity index is 351. The number of aromatic hydroxyl groups is 1. The van der Waals surface area contributed by atoms with Crippen molar-refractivity contribution in [2.75, 3.05) is 0 Å². The smallest absolute Gasteiger partial charge is 0.121 e. The first kappa shape index (κ1) is 14.1. The maximum absolute atomic E-state index is 10.1. The van der Waals surface area contributed by atoms with Crippen molar-refractivity contribution in [3.05, 3.63) is 28.8 Å². The molecule has 0 aromatic heterocycles. The third-order valence-corrected chi connectivity index (χ3v) is 3.14. The molecule has 0 aliphatic heterocycles. The molecule has 1 saturated carbocycles. The minimum atomic E-state index is 0.564. The quantitative estimate of drug-likeness (QED) is 0.805. The van der Waals surface area contributed by atoms with Gasteiger partial charge < -0.3 is 5.11 Å². The SMILES string of the molecule is CC.CCCc1cc(C)cc(CC2CC2)c1O. The molecule has 17 heavy (non-hydrogen) atoms. The molecule has 1 nitrogen and oxygen atoms in total. The van der Waals surface area contributed by atoms with Gasteiger partial charge in [-0.05, 0) is 49.7 Å². The highest BCUT2D eigenvalue weighted by Gasteiger charge is 2.23. The van der Waals surface area contributed by atoms with E-state index in [1.807, 2.05) is 13.8 Å². The Morgan fingerprint density at radius 3 is 2.29 bits per heavy atom. The minimum absolute atomic E-state index is 0.564. The van der Waals surface area contributed by atoms with Crippen LogP contribution in [0.15, 0.2) is 12.1 Å². The normalized spacial score (nSPS) is 14.1. The van der Waals surface area contributed by atoms with Crippen LogP contribution in [0.4, 0.5) is 0 Å². The van der Waals surface area contributed by atoms with Crippen molar-refractivity contribution in [3.8, 4) is 5.75 Å². The van der Waals surface area contributed by atoms with E-state index in [1.54, 1.807) is 0 Å². The van der Waals surface area contributed by atoms with Gasteiger partial charge in [-0.2, -0.15) is 0 Å². The topological polar surface area (TPSA) is 20.2 Å². The first-order valence-electron chi connectivity index (χ1n) is 7.02. The predicted molar refractivity (Wildman–Crippen MR) is 74.6 cm³/mol. The molecule has 0 saturated heterocycles. The summed E-state index contributed by atoms with van der Waals surface area (Å²) in [5, 5.41) is 10.1. The van der Waals surface area contributed by atoms with Crippen molar-refractivity contribution in [3.63, 3.8) is 0 Å². The molecule has 0 unspecified atom stereocenters. The number of benzene rings is 1. The standard InChI is InChI=1S/C14H20O.C2H6/c1-3-4-12-7-10(2)8-13(14(12)15)9-11-5-6-11;1-2/h7-8,11,15H,3-6,9H2,1-2H3;1-2H3. The summed E-state index contributed by atoms with van der Waals surface area (Å²) >= 11 is 0. The van der Waals surface area contributed by atoms with Gasteiger partial charge in [0, 0.05) is 0 Å². The van der Waals surface area contributed by atoms with E-state index in [1.165, 1.54) is 24.0 Å². The number of phenols is 1. The van der Waals surface area contributed by atoms with Crippen LogP contribution in [0.5, 0.6) is 5.75 Å². The van der Waals surface area contributed by atoms with Crippen molar-refractivity contribution in [1.82, 2.24) is 0 Å². The molecule has 1 aliphatic rings. The number of rotatable bonds is 4. The van der Waals surface area contributed by atoms with Gasteiger partial charge in [-0.15, -0.1) is 0 Å². The van der Waals surface area contributed by atoms with Crippen LogP contribution < -0.4 is 0 Å². The molecule has 0 radical (unpaired) electrons. The Hall–Kier alpha value is -0.980. The summed E-state index contributed by atoms with van der Waals surface area (Å²) in [6.07, 6.45) is 5.85. The van der Waals surface area contributed by atoms with Crippen LogP contribution in [0, 0.1) is 12.8 Å². The van der Waals surface area contributed by atoms with Gasteiger partial charge in [0.25, 0.3) is 0 Å². The zero-order valence-electron chi connectivity index (χ0n) is 11.7. The molecule has 0 amide bonds. The van der Waals surface area contributed by atoms with Crippen LogP contribution in [0.25, 0.3) is 0 Å². The average Bonchev–Trinajstić information content (AvgIpc) is 3.12. The van der Waals surface area contributed by atoms with Gasteiger partial charge in [-0.25, -0.2) is 0 Å². The van der Waals surface area contributed by atoms with Crippen molar-refractivity contribution < 1.29 is 5.11 Å². The highest BCUT2D eigenvalue weighted by molar-refractivity contribution is 5.44. The highest BCUT2D eigenvalue weighted by Crippen LogP contribution is 2.36. The van der Waals surface area contributed by atoms with Crippen LogP contribution >= 0.6 is 0 Å². The predicted octanol–water partition coefficient (Wildman–Crippen LogP) is 4.63. The Labute approximate surface area is 106 Å². The lowest BCUT2D eigenvalue weighted by Gasteiger charge is -2.10. The summed E-state index contributed by atoms with van der Waals surface area (Å²) in [7, 11) is 0. The fourth-order valence-corrected chi connectivity index (χ4v) is 2.18. The second-order valence-electron chi connectivity index (χ2n) is 4.83. The van der Waals surface area contributed by atoms with E-state index >= 15 is 0 Å². The van der Waals surface area contributed by atoms with E-state index in [2.05, 4.69) is 26.0 Å². The van der Waals surface area contributed by atoms with Gasteiger partial charge in [0.2, 0.25) is 0 Å². The molecule has 1 heteroatoms. The molecule has 1 aromatic rings. The Morgan fingerprint density at radius 2 is 1.76 bits per heavy atom. The number of aryl methyl sites for hydroxylation is 2. The van der Waals surface area contributed by atoms with Crippen LogP contribution in [0.3, 0.4) is 0 Å². The molecule has 1 fully saturated rings. The number of phenolic OH excluding ortho intramolecular Hbond substituents is 1. The molecule has 1 aliphatic carbocycles. The van der Waals surface area contributed by atoms with Gasteiger partial charge in [0.1, 0.15) is 5.75 Å². The van der Waals surface area contributed by atoms with Crippen LogP contribution in [-0.2, 0) is 12.8 Å². The molecule has 0 heterocycles. The third-order valence-electron chi connectivity index (χ3n) is 3.14. The van der Waals surface area contributed by atoms with Crippen molar-refractivity contribution in [1.29, 1.82) is 0 Å². The number of hydrogen-bond acceptors (Lipinski definition) is 1. The summed E-state index contributed by atoms with van der Waals surface area (Å²) in [5.74, 6) is 1.40. The van der Waals surface area contributed by atoms with Crippen LogP contribution in [-0.4, -0.2) is 5.11 Å². The Kier molecular flexibility index (Phi) is 5.54. The zero-order valence-corrected chi connectivity index (χ0v) is 11.7. The van der Waals surface area contributed by atoms with Crippen molar-refractivity contribution >= 4 is 0 Å². The van der Waals surface area contributed by atoms with E-state index in [4.69, 9.17) is 0 Å². The van der Waals surface area contributed by atoms with E-state index in [0.717, 1.165) is 30.7 Å². The lowest BCUT2D eigenvalue weighted by atomic mass is 9.98. The van der Waals surface area contributed by atoms with Gasteiger partial charge in [0.15, 0.2) is 0 Å². The van der Waals surface area contributed by atoms with Crippen LogP contribution in [0.2, 0.25) is 0 Å². The summed E-state index contributed by atoms with van der Waals surface area (Å²) in [4.78, 5) is 0. The number of hydrogen-bond donors (Lipinski definition) is 1. The molecule has 1 N–H and O–H groups in total. The van der Waals surface area contributed by atoms with E-state index < -0.39 is 0 Å². The summed E-state index contributed by atoms with van der Waals surface area (Å²) in [6, 6.07) is 4.27. The molecule has 0 atom stereocenters. The molecule has 1 aromatic carbocycles. The van der Waals surface area contributed by atoms with E-state index in [9.17, 15) is 5.11 Å².